The Morgan fingerprint density at radius 3 is 2.54 bits per heavy atom. The zero-order valence-corrected chi connectivity index (χ0v) is 15.8. The molecule has 1 aromatic carbocycles. The molecule has 2 rings (SSSR count). The number of halogens is 2. The van der Waals surface area contributed by atoms with Crippen molar-refractivity contribution < 1.29 is 18.3 Å². The topological polar surface area (TPSA) is 47.4 Å². The van der Waals surface area contributed by atoms with Crippen molar-refractivity contribution in [3.8, 4) is 11.3 Å². The SMILES string of the molecule is CCOC(=O)N([C@@H](C)Cn1ccc(-c2ccc(F)c(F)c2)n1)C(C)(C)C. The maximum Gasteiger partial charge on any atom is 0.410 e. The van der Waals surface area contributed by atoms with Gasteiger partial charge in [-0.15, -0.1) is 0 Å². The van der Waals surface area contributed by atoms with Gasteiger partial charge in [0.1, 0.15) is 0 Å². The molecule has 2 aromatic rings. The highest BCUT2D eigenvalue weighted by Crippen LogP contribution is 2.22. The van der Waals surface area contributed by atoms with Gasteiger partial charge in [-0.2, -0.15) is 5.10 Å². The zero-order valence-electron chi connectivity index (χ0n) is 15.8. The molecular formula is C19H25F2N3O2. The average Bonchev–Trinajstić information content (AvgIpc) is 2.97. The van der Waals surface area contributed by atoms with Crippen molar-refractivity contribution in [2.24, 2.45) is 0 Å². The fourth-order valence-corrected chi connectivity index (χ4v) is 2.93. The van der Waals surface area contributed by atoms with Gasteiger partial charge in [0.2, 0.25) is 0 Å². The molecule has 0 saturated carbocycles. The second-order valence-electron chi connectivity index (χ2n) is 7.14. The van der Waals surface area contributed by atoms with Crippen molar-refractivity contribution in [3.05, 3.63) is 42.1 Å². The minimum atomic E-state index is -0.911. The summed E-state index contributed by atoms with van der Waals surface area (Å²) in [5.74, 6) is -1.80. The van der Waals surface area contributed by atoms with Crippen LogP contribution in [0.15, 0.2) is 30.5 Å². The molecule has 0 spiro atoms. The molecule has 0 saturated heterocycles. The summed E-state index contributed by atoms with van der Waals surface area (Å²) >= 11 is 0. The van der Waals surface area contributed by atoms with Crippen LogP contribution in [0.1, 0.15) is 34.6 Å². The highest BCUT2D eigenvalue weighted by atomic mass is 19.2. The molecule has 0 bridgehead atoms. The van der Waals surface area contributed by atoms with E-state index in [4.69, 9.17) is 4.74 Å². The zero-order chi connectivity index (χ0) is 19.5. The lowest BCUT2D eigenvalue weighted by molar-refractivity contribution is 0.0459. The fraction of sp³-hybridized carbons (Fsp3) is 0.474. The van der Waals surface area contributed by atoms with Crippen LogP contribution in [-0.4, -0.2) is 39.0 Å². The van der Waals surface area contributed by atoms with E-state index in [9.17, 15) is 13.6 Å². The number of carbonyl (C=O) groups is 1. The highest BCUT2D eigenvalue weighted by molar-refractivity contribution is 5.69. The smallest absolute Gasteiger partial charge is 0.410 e. The number of benzene rings is 1. The van der Waals surface area contributed by atoms with Gasteiger partial charge in [-0.05, 0) is 58.9 Å². The van der Waals surface area contributed by atoms with Crippen LogP contribution in [0.2, 0.25) is 0 Å². The summed E-state index contributed by atoms with van der Waals surface area (Å²) in [4.78, 5) is 14.0. The summed E-state index contributed by atoms with van der Waals surface area (Å²) in [6.07, 6.45) is 1.37. The molecule has 0 radical (unpaired) electrons. The predicted molar refractivity (Wildman–Crippen MR) is 95.7 cm³/mol. The third kappa shape index (κ3) is 4.59. The van der Waals surface area contributed by atoms with Gasteiger partial charge in [-0.25, -0.2) is 13.6 Å². The van der Waals surface area contributed by atoms with Crippen LogP contribution in [0.4, 0.5) is 13.6 Å². The Kier molecular flexibility index (Phi) is 6.00. The number of ether oxygens (including phenoxy) is 1. The van der Waals surface area contributed by atoms with Gasteiger partial charge < -0.3 is 4.74 Å². The molecule has 1 amide bonds. The lowest BCUT2D eigenvalue weighted by Gasteiger charge is -2.39. The Hall–Kier alpha value is -2.44. The highest BCUT2D eigenvalue weighted by Gasteiger charge is 2.32. The first-order valence-electron chi connectivity index (χ1n) is 8.58. The number of amides is 1. The monoisotopic (exact) mass is 365 g/mol. The summed E-state index contributed by atoms with van der Waals surface area (Å²) in [5.41, 5.74) is 0.616. The number of nitrogens with zero attached hydrogens (tertiary/aromatic N) is 3. The Morgan fingerprint density at radius 2 is 1.96 bits per heavy atom. The second-order valence-corrected chi connectivity index (χ2v) is 7.14. The molecule has 7 heteroatoms. The number of carbonyl (C=O) groups excluding carboxylic acids is 1. The van der Waals surface area contributed by atoms with E-state index >= 15 is 0 Å². The lowest BCUT2D eigenvalue weighted by atomic mass is 10.0. The van der Waals surface area contributed by atoms with Crippen LogP contribution in [0, 0.1) is 11.6 Å². The third-order valence-electron chi connectivity index (χ3n) is 3.94. The van der Waals surface area contributed by atoms with Crippen molar-refractivity contribution in [2.75, 3.05) is 6.61 Å². The standard InChI is InChI=1S/C19H25F2N3O2/c1-6-26-18(25)24(19(3,4)5)13(2)12-23-10-9-17(22-23)14-7-8-15(20)16(21)11-14/h7-11,13H,6,12H2,1-5H3/t13-/m0/s1. The first-order valence-corrected chi connectivity index (χ1v) is 8.58. The summed E-state index contributed by atoms with van der Waals surface area (Å²) in [6.45, 7) is 10.3. The predicted octanol–water partition coefficient (Wildman–Crippen LogP) is 4.47. The quantitative estimate of drug-likeness (QED) is 0.785. The van der Waals surface area contributed by atoms with Crippen LogP contribution in [0.5, 0.6) is 0 Å². The van der Waals surface area contributed by atoms with Crippen molar-refractivity contribution >= 4 is 6.09 Å². The third-order valence-corrected chi connectivity index (χ3v) is 3.94. The largest absolute Gasteiger partial charge is 0.450 e. The van der Waals surface area contributed by atoms with E-state index in [1.165, 1.54) is 6.07 Å². The second kappa shape index (κ2) is 7.85. The van der Waals surface area contributed by atoms with Gasteiger partial charge in [0.25, 0.3) is 0 Å². The van der Waals surface area contributed by atoms with Crippen LogP contribution >= 0.6 is 0 Å². The van der Waals surface area contributed by atoms with Crippen LogP contribution in [0.25, 0.3) is 11.3 Å². The van der Waals surface area contributed by atoms with Crippen molar-refractivity contribution in [1.29, 1.82) is 0 Å². The van der Waals surface area contributed by atoms with Gasteiger partial charge in [0, 0.05) is 17.3 Å². The molecule has 0 fully saturated rings. The maximum absolute atomic E-state index is 13.4. The first-order chi connectivity index (χ1) is 12.1. The van der Waals surface area contributed by atoms with E-state index in [1.54, 1.807) is 28.8 Å². The maximum atomic E-state index is 13.4. The normalized spacial score (nSPS) is 12.7. The van der Waals surface area contributed by atoms with E-state index in [1.807, 2.05) is 27.7 Å². The molecule has 0 N–H and O–H groups in total. The molecule has 142 valence electrons. The first kappa shape index (κ1) is 19.9. The number of rotatable bonds is 5. The van der Waals surface area contributed by atoms with Crippen molar-refractivity contribution in [1.82, 2.24) is 14.7 Å². The molecule has 0 aliphatic heterocycles. The van der Waals surface area contributed by atoms with Gasteiger partial charge in [0.15, 0.2) is 11.6 Å². The molecule has 1 heterocycles. The Labute approximate surface area is 152 Å². The van der Waals surface area contributed by atoms with Crippen molar-refractivity contribution in [2.45, 2.75) is 52.7 Å². The average molecular weight is 365 g/mol. The molecule has 5 nitrogen and oxygen atoms in total. The van der Waals surface area contributed by atoms with E-state index in [0.29, 0.717) is 24.4 Å². The van der Waals surface area contributed by atoms with Gasteiger partial charge in [-0.3, -0.25) is 9.58 Å². The fourth-order valence-electron chi connectivity index (χ4n) is 2.93. The van der Waals surface area contributed by atoms with Crippen LogP contribution < -0.4 is 0 Å². The molecule has 0 aliphatic rings. The van der Waals surface area contributed by atoms with Crippen LogP contribution in [0.3, 0.4) is 0 Å². The minimum absolute atomic E-state index is 0.174. The van der Waals surface area contributed by atoms with Gasteiger partial charge >= 0.3 is 6.09 Å². The summed E-state index contributed by atoms with van der Waals surface area (Å²) in [5, 5.41) is 4.41. The summed E-state index contributed by atoms with van der Waals surface area (Å²) < 4.78 is 33.3. The summed E-state index contributed by atoms with van der Waals surface area (Å²) in [7, 11) is 0. The van der Waals surface area contributed by atoms with Gasteiger partial charge in [0.05, 0.1) is 24.9 Å². The Bertz CT molecular complexity index is 768. The lowest BCUT2D eigenvalue weighted by Crippen LogP contribution is -2.52. The van der Waals surface area contributed by atoms with E-state index in [2.05, 4.69) is 5.10 Å². The van der Waals surface area contributed by atoms with Crippen molar-refractivity contribution in [3.63, 3.8) is 0 Å². The number of hydrogen-bond donors (Lipinski definition) is 0. The Morgan fingerprint density at radius 1 is 1.27 bits per heavy atom. The minimum Gasteiger partial charge on any atom is -0.450 e. The summed E-state index contributed by atoms with van der Waals surface area (Å²) in [6, 6.07) is 5.23. The van der Waals surface area contributed by atoms with Gasteiger partial charge in [-0.1, -0.05) is 0 Å². The molecular weight excluding hydrogens is 340 g/mol. The van der Waals surface area contributed by atoms with E-state index in [-0.39, 0.29) is 12.1 Å². The number of aromatic nitrogens is 2. The molecule has 1 aromatic heterocycles. The molecule has 26 heavy (non-hydrogen) atoms. The number of hydrogen-bond acceptors (Lipinski definition) is 3. The molecule has 0 unspecified atom stereocenters. The Balaban J connectivity index is 2.18. The molecule has 0 aliphatic carbocycles. The molecule has 1 atom stereocenters. The van der Waals surface area contributed by atoms with E-state index in [0.717, 1.165) is 12.1 Å². The van der Waals surface area contributed by atoms with E-state index < -0.39 is 17.2 Å². The van der Waals surface area contributed by atoms with Crippen LogP contribution in [-0.2, 0) is 11.3 Å².